The Morgan fingerprint density at radius 2 is 1.96 bits per heavy atom. The lowest BCUT2D eigenvalue weighted by Crippen LogP contribution is -2.51. The van der Waals surface area contributed by atoms with Crippen LogP contribution < -0.4 is 10.6 Å². The zero-order chi connectivity index (χ0) is 20.9. The second-order valence-electron chi connectivity index (χ2n) is 7.52. The van der Waals surface area contributed by atoms with Crippen LogP contribution in [-0.4, -0.2) is 54.8 Å². The second kappa shape index (κ2) is 6.50. The molecule has 2 saturated heterocycles. The van der Waals surface area contributed by atoms with Crippen molar-refractivity contribution in [1.82, 2.24) is 15.5 Å². The first-order chi connectivity index (χ1) is 12.9. The van der Waals surface area contributed by atoms with Gasteiger partial charge in [-0.15, -0.1) is 0 Å². The number of nitrogens with zero attached hydrogens (tertiary/aromatic N) is 1. The van der Waals surface area contributed by atoms with Gasteiger partial charge in [0.05, 0.1) is 17.0 Å². The van der Waals surface area contributed by atoms with E-state index in [4.69, 9.17) is 0 Å². The number of carbonyl (C=O) groups excluding carboxylic acids is 3. The summed E-state index contributed by atoms with van der Waals surface area (Å²) in [5, 5.41) is 4.83. The molecule has 2 fully saturated rings. The summed E-state index contributed by atoms with van der Waals surface area (Å²) in [4.78, 5) is 37.9. The zero-order valence-corrected chi connectivity index (χ0v) is 16.0. The molecule has 2 aliphatic rings. The maximum absolute atomic E-state index is 14.1. The minimum absolute atomic E-state index is 0.0656. The maximum atomic E-state index is 14.1. The molecule has 3 rings (SSSR count). The highest BCUT2D eigenvalue weighted by molar-refractivity contribution is 7.91. The molecule has 0 bridgehead atoms. The first kappa shape index (κ1) is 20.2. The van der Waals surface area contributed by atoms with Crippen LogP contribution in [0.5, 0.6) is 0 Å². The van der Waals surface area contributed by atoms with Crippen molar-refractivity contribution in [1.29, 1.82) is 0 Å². The summed E-state index contributed by atoms with van der Waals surface area (Å²) in [5.74, 6) is -3.62. The van der Waals surface area contributed by atoms with Gasteiger partial charge in [0.25, 0.3) is 5.91 Å². The molecule has 0 aliphatic carbocycles. The van der Waals surface area contributed by atoms with Gasteiger partial charge in [-0.25, -0.2) is 22.0 Å². The standard InChI is InChI=1S/C17H19F2N3O5S/c1-16(5-6-28(26,27)9-16)20-13(23)8-22-14(24)17(2,21-15(22)25)11-7-10(18)3-4-12(11)19/h3-4,7H,5-6,8-9H2,1-2H3,(H,20,23)(H,21,25)/t16-,17-/m0/s1. The molecule has 2 N–H and O–H groups in total. The summed E-state index contributed by atoms with van der Waals surface area (Å²) in [6, 6.07) is 1.59. The summed E-state index contributed by atoms with van der Waals surface area (Å²) in [6.45, 7) is 2.11. The van der Waals surface area contributed by atoms with Gasteiger partial charge < -0.3 is 10.6 Å². The number of benzene rings is 1. The number of carbonyl (C=O) groups is 3. The van der Waals surface area contributed by atoms with E-state index in [0.29, 0.717) is 4.90 Å². The van der Waals surface area contributed by atoms with E-state index in [9.17, 15) is 31.6 Å². The number of hydrogen-bond donors (Lipinski definition) is 2. The number of amides is 4. The van der Waals surface area contributed by atoms with Gasteiger partial charge in [-0.2, -0.15) is 0 Å². The zero-order valence-electron chi connectivity index (χ0n) is 15.2. The fourth-order valence-corrected chi connectivity index (χ4v) is 5.63. The molecule has 2 atom stereocenters. The Hall–Kier alpha value is -2.56. The van der Waals surface area contributed by atoms with Crippen LogP contribution in [0.3, 0.4) is 0 Å². The summed E-state index contributed by atoms with van der Waals surface area (Å²) < 4.78 is 50.9. The predicted molar refractivity (Wildman–Crippen MR) is 93.8 cm³/mol. The van der Waals surface area contributed by atoms with Gasteiger partial charge in [-0.3, -0.25) is 14.5 Å². The molecule has 2 heterocycles. The molecular formula is C17H19F2N3O5S. The van der Waals surface area contributed by atoms with Crippen molar-refractivity contribution in [2.24, 2.45) is 0 Å². The lowest BCUT2D eigenvalue weighted by Gasteiger charge is -2.25. The van der Waals surface area contributed by atoms with Gasteiger partial charge in [-0.05, 0) is 38.5 Å². The highest BCUT2D eigenvalue weighted by Crippen LogP contribution is 2.31. The van der Waals surface area contributed by atoms with Crippen LogP contribution in [0.25, 0.3) is 0 Å². The fraction of sp³-hybridized carbons (Fsp3) is 0.471. The molecule has 152 valence electrons. The van der Waals surface area contributed by atoms with Crippen LogP contribution in [-0.2, 0) is 25.0 Å². The Labute approximate surface area is 160 Å². The number of nitrogens with one attached hydrogen (secondary N) is 2. The van der Waals surface area contributed by atoms with Crippen LogP contribution in [0.1, 0.15) is 25.8 Å². The molecule has 1 aromatic carbocycles. The van der Waals surface area contributed by atoms with Gasteiger partial charge in [-0.1, -0.05) is 0 Å². The molecule has 2 aliphatic heterocycles. The third kappa shape index (κ3) is 3.58. The van der Waals surface area contributed by atoms with E-state index in [2.05, 4.69) is 10.6 Å². The van der Waals surface area contributed by atoms with Crippen LogP contribution >= 0.6 is 0 Å². The van der Waals surface area contributed by atoms with Gasteiger partial charge in [0.2, 0.25) is 5.91 Å². The molecule has 4 amide bonds. The van der Waals surface area contributed by atoms with Gasteiger partial charge >= 0.3 is 6.03 Å². The Morgan fingerprint density at radius 1 is 1.29 bits per heavy atom. The third-order valence-corrected chi connectivity index (χ3v) is 6.89. The number of imide groups is 1. The molecule has 0 aromatic heterocycles. The third-order valence-electron chi connectivity index (χ3n) is 4.99. The Kier molecular flexibility index (Phi) is 4.69. The Bertz CT molecular complexity index is 983. The fourth-order valence-electron chi connectivity index (χ4n) is 3.53. The first-order valence-electron chi connectivity index (χ1n) is 8.46. The Balaban J connectivity index is 1.77. The monoisotopic (exact) mass is 415 g/mol. The average Bonchev–Trinajstić information content (AvgIpc) is 2.97. The number of hydrogen-bond acceptors (Lipinski definition) is 5. The smallest absolute Gasteiger partial charge is 0.325 e. The minimum Gasteiger partial charge on any atom is -0.348 e. The van der Waals surface area contributed by atoms with Crippen molar-refractivity contribution in [3.63, 3.8) is 0 Å². The lowest BCUT2D eigenvalue weighted by molar-refractivity contribution is -0.135. The average molecular weight is 415 g/mol. The minimum atomic E-state index is -3.26. The van der Waals surface area contributed by atoms with Gasteiger partial charge in [0.1, 0.15) is 23.7 Å². The number of rotatable bonds is 4. The second-order valence-corrected chi connectivity index (χ2v) is 9.71. The first-order valence-corrected chi connectivity index (χ1v) is 10.3. The summed E-state index contributed by atoms with van der Waals surface area (Å²) in [6.07, 6.45) is 0.216. The van der Waals surface area contributed by atoms with E-state index in [-0.39, 0.29) is 23.5 Å². The molecule has 11 heteroatoms. The van der Waals surface area contributed by atoms with Crippen molar-refractivity contribution in [2.45, 2.75) is 31.3 Å². The molecule has 8 nitrogen and oxygen atoms in total. The molecule has 0 spiro atoms. The Morgan fingerprint density at radius 3 is 2.57 bits per heavy atom. The van der Waals surface area contributed by atoms with Crippen LogP contribution in [0.15, 0.2) is 18.2 Å². The maximum Gasteiger partial charge on any atom is 0.325 e. The predicted octanol–water partition coefficient (Wildman–Crippen LogP) is 0.425. The van der Waals surface area contributed by atoms with E-state index in [1.54, 1.807) is 6.92 Å². The van der Waals surface area contributed by atoms with Crippen molar-refractivity contribution >= 4 is 27.7 Å². The topological polar surface area (TPSA) is 113 Å². The van der Waals surface area contributed by atoms with E-state index < -0.39 is 56.9 Å². The molecule has 0 radical (unpaired) electrons. The van der Waals surface area contributed by atoms with Crippen molar-refractivity contribution in [2.75, 3.05) is 18.1 Å². The molecule has 0 unspecified atom stereocenters. The molecular weight excluding hydrogens is 396 g/mol. The summed E-state index contributed by atoms with van der Waals surface area (Å²) in [7, 11) is -3.26. The molecule has 0 saturated carbocycles. The van der Waals surface area contributed by atoms with E-state index in [1.165, 1.54) is 6.92 Å². The normalized spacial score (nSPS) is 29.1. The number of halogens is 2. The molecule has 1 aromatic rings. The van der Waals surface area contributed by atoms with E-state index in [0.717, 1.165) is 18.2 Å². The summed E-state index contributed by atoms with van der Waals surface area (Å²) >= 11 is 0. The lowest BCUT2D eigenvalue weighted by atomic mass is 9.91. The van der Waals surface area contributed by atoms with Crippen molar-refractivity contribution in [3.8, 4) is 0 Å². The highest BCUT2D eigenvalue weighted by atomic mass is 32.2. The van der Waals surface area contributed by atoms with E-state index in [1.807, 2.05) is 0 Å². The van der Waals surface area contributed by atoms with Crippen LogP contribution in [0, 0.1) is 11.6 Å². The van der Waals surface area contributed by atoms with Crippen molar-refractivity contribution in [3.05, 3.63) is 35.4 Å². The number of sulfone groups is 1. The van der Waals surface area contributed by atoms with E-state index >= 15 is 0 Å². The highest BCUT2D eigenvalue weighted by Gasteiger charge is 2.51. The van der Waals surface area contributed by atoms with Crippen LogP contribution in [0.2, 0.25) is 0 Å². The van der Waals surface area contributed by atoms with Gasteiger partial charge in [0, 0.05) is 5.56 Å². The SMILES string of the molecule is C[C@]1(NC(=O)CN2C(=O)N[C@@](C)(c3cc(F)ccc3F)C2=O)CCS(=O)(=O)C1. The van der Waals surface area contributed by atoms with Crippen LogP contribution in [0.4, 0.5) is 13.6 Å². The number of urea groups is 1. The van der Waals surface area contributed by atoms with Crippen molar-refractivity contribution < 1.29 is 31.6 Å². The van der Waals surface area contributed by atoms with Gasteiger partial charge in [0.15, 0.2) is 9.84 Å². The largest absolute Gasteiger partial charge is 0.348 e. The molecule has 28 heavy (non-hydrogen) atoms. The quantitative estimate of drug-likeness (QED) is 0.693. The summed E-state index contributed by atoms with van der Waals surface area (Å²) in [5.41, 5.74) is -3.22.